The van der Waals surface area contributed by atoms with Crippen LogP contribution in [0.4, 0.5) is 43.8 Å². The number of piperazine rings is 1. The number of benzene rings is 1. The number of amides is 5. The van der Waals surface area contributed by atoms with E-state index in [-0.39, 0.29) is 41.2 Å². The molecule has 7 heterocycles. The number of pyridine rings is 1. The lowest BCUT2D eigenvalue weighted by Crippen LogP contribution is -2.49. The summed E-state index contributed by atoms with van der Waals surface area (Å²) in [6, 6.07) is 8.37. The Bertz CT molecular complexity index is 2010. The summed E-state index contributed by atoms with van der Waals surface area (Å²) in [7, 11) is 1.80. The maximum Gasteiger partial charge on any atom is 0.320 e. The summed E-state index contributed by atoms with van der Waals surface area (Å²) in [5, 5.41) is 16.8. The number of hydrogen-bond acceptors (Lipinski definition) is 14. The fourth-order valence-corrected chi connectivity index (χ4v) is 8.66. The van der Waals surface area contributed by atoms with Gasteiger partial charge in [-0.1, -0.05) is 0 Å². The molecule has 2 atom stereocenters. The maximum absolute atomic E-state index is 15.7. The van der Waals surface area contributed by atoms with E-state index in [1.54, 1.807) is 24.1 Å². The molecule has 58 heavy (non-hydrogen) atoms. The maximum atomic E-state index is 15.7. The van der Waals surface area contributed by atoms with E-state index in [1.807, 2.05) is 28.1 Å². The van der Waals surface area contributed by atoms with Gasteiger partial charge in [-0.05, 0) is 68.4 Å². The molecule has 5 fully saturated rings. The monoisotopic (exact) mass is 798 g/mol. The van der Waals surface area contributed by atoms with Crippen LogP contribution in [0, 0.1) is 11.7 Å². The number of imide groups is 1. The summed E-state index contributed by atoms with van der Waals surface area (Å²) >= 11 is 0. The van der Waals surface area contributed by atoms with E-state index in [0.29, 0.717) is 81.2 Å². The van der Waals surface area contributed by atoms with Crippen LogP contribution in [-0.4, -0.2) is 150 Å². The first-order valence-electron chi connectivity index (χ1n) is 20.2. The molecule has 3 aromatic rings. The van der Waals surface area contributed by atoms with Crippen molar-refractivity contribution in [2.45, 2.75) is 50.6 Å². The van der Waals surface area contributed by atoms with Crippen LogP contribution >= 0.6 is 0 Å². The molecule has 18 nitrogen and oxygen atoms in total. The van der Waals surface area contributed by atoms with Crippen molar-refractivity contribution in [3.8, 4) is 0 Å². The number of urea groups is 1. The number of carbonyl (C=O) groups is 4. The van der Waals surface area contributed by atoms with Crippen molar-refractivity contribution in [3.05, 3.63) is 48.0 Å². The van der Waals surface area contributed by atoms with Crippen LogP contribution in [0.2, 0.25) is 0 Å². The Morgan fingerprint density at radius 1 is 0.914 bits per heavy atom. The molecular weight excluding hydrogens is 748 g/mol. The van der Waals surface area contributed by atoms with Crippen LogP contribution in [0.25, 0.3) is 0 Å². The number of rotatable bonds is 11. The summed E-state index contributed by atoms with van der Waals surface area (Å²) < 4.78 is 15.7. The number of aromatic nitrogens is 4. The zero-order valence-corrected chi connectivity index (χ0v) is 32.8. The molecule has 5 N–H and O–H groups in total. The van der Waals surface area contributed by atoms with Crippen LogP contribution in [0.1, 0.15) is 49.0 Å². The standard InChI is InChI=1S/C39H51FN14O4/c1-49-15-20-54(39(49)58)28-3-2-12-53(24-28)38-46-36(34(35(41)56)47-48-38)43-26-4-7-31(29(40)21-26)52-18-16-50(17-19-52)23-25-10-13-51(14-11-25)27-5-8-32(42-22-27)44-30-6-9-33(55)45-37(30)57/h4-5,7-8,21-22,25,28,30H,2-3,6,9-20,23-24H2,1H3,(H2,41,56)(H,42,44)(H,43,46,48)(H,45,55,57). The predicted molar refractivity (Wildman–Crippen MR) is 216 cm³/mol. The number of anilines is 6. The van der Waals surface area contributed by atoms with Gasteiger partial charge in [0.2, 0.25) is 17.8 Å². The van der Waals surface area contributed by atoms with Gasteiger partial charge in [0.05, 0.1) is 23.6 Å². The number of carbonyl (C=O) groups excluding carboxylic acids is 4. The molecule has 5 saturated heterocycles. The van der Waals surface area contributed by atoms with E-state index in [9.17, 15) is 19.2 Å². The highest BCUT2D eigenvalue weighted by atomic mass is 19.1. The molecule has 0 bridgehead atoms. The van der Waals surface area contributed by atoms with Crippen molar-refractivity contribution in [1.82, 2.24) is 40.2 Å². The van der Waals surface area contributed by atoms with Gasteiger partial charge in [0.1, 0.15) is 17.7 Å². The first kappa shape index (κ1) is 39.0. The average molecular weight is 799 g/mol. The van der Waals surface area contributed by atoms with Gasteiger partial charge >= 0.3 is 6.03 Å². The molecule has 8 rings (SSSR count). The first-order chi connectivity index (χ1) is 28.1. The molecule has 0 saturated carbocycles. The molecule has 2 aromatic heterocycles. The molecule has 1 aromatic carbocycles. The number of hydrogen-bond donors (Lipinski definition) is 4. The van der Waals surface area contributed by atoms with Crippen LogP contribution in [-0.2, 0) is 9.59 Å². The molecule has 0 aliphatic carbocycles. The zero-order valence-electron chi connectivity index (χ0n) is 32.8. The summed E-state index contributed by atoms with van der Waals surface area (Å²) in [6.07, 6.45) is 6.45. The predicted octanol–water partition coefficient (Wildman–Crippen LogP) is 1.84. The molecule has 0 radical (unpaired) electrons. The van der Waals surface area contributed by atoms with Gasteiger partial charge in [-0.2, -0.15) is 4.98 Å². The molecule has 308 valence electrons. The van der Waals surface area contributed by atoms with Gasteiger partial charge in [-0.3, -0.25) is 24.6 Å². The first-order valence-corrected chi connectivity index (χ1v) is 20.2. The second-order valence-electron chi connectivity index (χ2n) is 15.9. The minimum atomic E-state index is -0.804. The molecule has 0 spiro atoms. The number of piperidine rings is 3. The lowest BCUT2D eigenvalue weighted by Gasteiger charge is -2.40. The number of primary amides is 1. The third-order valence-corrected chi connectivity index (χ3v) is 12.0. The molecule has 5 amide bonds. The number of likely N-dealkylation sites (N-methyl/N-ethyl adjacent to an activating group) is 1. The van der Waals surface area contributed by atoms with Crippen LogP contribution < -0.4 is 36.4 Å². The van der Waals surface area contributed by atoms with Crippen molar-refractivity contribution in [1.29, 1.82) is 0 Å². The van der Waals surface area contributed by atoms with Gasteiger partial charge < -0.3 is 40.9 Å². The van der Waals surface area contributed by atoms with E-state index in [4.69, 9.17) is 5.73 Å². The Labute approximate surface area is 336 Å². The van der Waals surface area contributed by atoms with Crippen molar-refractivity contribution in [2.24, 2.45) is 11.7 Å². The Hall–Kier alpha value is -5.85. The van der Waals surface area contributed by atoms with Crippen LogP contribution in [0.15, 0.2) is 36.5 Å². The SMILES string of the molecule is CN1CCN(C2CCCN(c3nnc(C(N)=O)c(Nc4ccc(N5CCN(CC6CCN(c7ccc(NC8CCC(=O)NC8=O)nc7)CC6)CC5)c(F)c4)n3)C2)C1=O. The quantitative estimate of drug-likeness (QED) is 0.205. The normalized spacial score (nSPS) is 22.4. The Morgan fingerprint density at radius 3 is 2.41 bits per heavy atom. The van der Waals surface area contributed by atoms with Crippen LogP contribution in [0.3, 0.4) is 0 Å². The van der Waals surface area contributed by atoms with E-state index in [2.05, 4.69) is 50.8 Å². The van der Waals surface area contributed by atoms with Gasteiger partial charge in [0.25, 0.3) is 5.91 Å². The summed E-state index contributed by atoms with van der Waals surface area (Å²) in [6.45, 7) is 8.52. The van der Waals surface area contributed by atoms with E-state index in [0.717, 1.165) is 64.1 Å². The highest BCUT2D eigenvalue weighted by molar-refractivity contribution is 6.01. The second-order valence-corrected chi connectivity index (χ2v) is 15.9. The fraction of sp³-hybridized carbons (Fsp3) is 0.538. The van der Waals surface area contributed by atoms with Gasteiger partial charge in [0, 0.05) is 91.1 Å². The largest absolute Gasteiger partial charge is 0.370 e. The second kappa shape index (κ2) is 16.9. The van der Waals surface area contributed by atoms with Gasteiger partial charge in [0.15, 0.2) is 11.5 Å². The minimum Gasteiger partial charge on any atom is -0.370 e. The fourth-order valence-electron chi connectivity index (χ4n) is 8.66. The van der Waals surface area contributed by atoms with Crippen molar-refractivity contribution >= 4 is 58.4 Å². The highest BCUT2D eigenvalue weighted by Crippen LogP contribution is 2.30. The number of halogens is 1. The van der Waals surface area contributed by atoms with Crippen molar-refractivity contribution < 1.29 is 23.6 Å². The Balaban J connectivity index is 0.812. The summed E-state index contributed by atoms with van der Waals surface area (Å²) in [4.78, 5) is 70.0. The summed E-state index contributed by atoms with van der Waals surface area (Å²) in [5.41, 5.74) is 7.45. The highest BCUT2D eigenvalue weighted by Gasteiger charge is 2.35. The molecule has 19 heteroatoms. The molecule has 2 unspecified atom stereocenters. The van der Waals surface area contributed by atoms with Crippen molar-refractivity contribution in [3.63, 3.8) is 0 Å². The smallest absolute Gasteiger partial charge is 0.320 e. The topological polar surface area (TPSA) is 201 Å². The van der Waals surface area contributed by atoms with Gasteiger partial charge in [-0.15, -0.1) is 10.2 Å². The summed E-state index contributed by atoms with van der Waals surface area (Å²) in [5.74, 6) is -0.161. The minimum absolute atomic E-state index is 0.0117. The average Bonchev–Trinajstić information content (AvgIpc) is 3.57. The Kier molecular flexibility index (Phi) is 11.4. The molecule has 5 aliphatic heterocycles. The zero-order chi connectivity index (χ0) is 40.3. The molecule has 5 aliphatic rings. The number of nitrogens with zero attached hydrogens (tertiary/aromatic N) is 10. The van der Waals surface area contributed by atoms with E-state index < -0.39 is 11.9 Å². The lowest BCUT2D eigenvalue weighted by atomic mass is 9.95. The Morgan fingerprint density at radius 2 is 1.72 bits per heavy atom. The number of nitrogens with two attached hydrogens (primary N) is 1. The van der Waals surface area contributed by atoms with Gasteiger partial charge in [-0.25, -0.2) is 14.2 Å². The third kappa shape index (κ3) is 8.68. The van der Waals surface area contributed by atoms with Crippen molar-refractivity contribution in [2.75, 3.05) is 104 Å². The van der Waals surface area contributed by atoms with E-state index in [1.165, 1.54) is 6.07 Å². The number of nitrogens with one attached hydrogen (secondary N) is 3. The lowest BCUT2D eigenvalue weighted by molar-refractivity contribution is -0.133. The van der Waals surface area contributed by atoms with E-state index >= 15 is 4.39 Å². The van der Waals surface area contributed by atoms with Crippen LogP contribution in [0.5, 0.6) is 0 Å². The molecular formula is C39H51FN14O4. The third-order valence-electron chi connectivity index (χ3n) is 12.0.